The molecule has 2 N–H and O–H groups in total. The van der Waals surface area contributed by atoms with Crippen molar-refractivity contribution in [2.75, 3.05) is 113 Å². The van der Waals surface area contributed by atoms with Crippen molar-refractivity contribution in [2.24, 2.45) is 23.2 Å². The van der Waals surface area contributed by atoms with Gasteiger partial charge in [-0.3, -0.25) is 47.9 Å². The van der Waals surface area contributed by atoms with Crippen molar-refractivity contribution in [3.05, 3.63) is 0 Å². The summed E-state index contributed by atoms with van der Waals surface area (Å²) in [4.78, 5) is 103. The summed E-state index contributed by atoms with van der Waals surface area (Å²) in [5, 5.41) is 5.66. The molecule has 0 aliphatic heterocycles. The lowest BCUT2D eigenvalue weighted by Crippen LogP contribution is -2.34. The van der Waals surface area contributed by atoms with Gasteiger partial charge in [0.1, 0.15) is 0 Å². The number of nitrogens with one attached hydrogen (secondary N) is 2. The van der Waals surface area contributed by atoms with Gasteiger partial charge >= 0.3 is 47.8 Å². The molecule has 572 valence electrons. The molecule has 0 aliphatic rings. The molecule has 23 nitrogen and oxygen atoms in total. The van der Waals surface area contributed by atoms with E-state index in [9.17, 15) is 47.9 Å². The molecule has 0 fully saturated rings. The van der Waals surface area contributed by atoms with E-state index in [1.807, 2.05) is 27.7 Å². The van der Waals surface area contributed by atoms with Gasteiger partial charge in [0.15, 0.2) is 0 Å². The zero-order chi connectivity index (χ0) is 77.2. The molecule has 0 saturated heterocycles. The maximum Gasteiger partial charge on any atom is 0.305 e. The highest BCUT2D eigenvalue weighted by molar-refractivity contribution is 5.73. The Kier molecular flexibility index (Phi) is 145. The molecule has 23 heteroatoms. The number of carbonyl (C=O) groups excluding carboxylic acids is 10. The lowest BCUT2D eigenvalue weighted by atomic mass is 9.82. The quantitative estimate of drug-likeness (QED) is 0.0439. The Morgan fingerprint density at radius 3 is 0.713 bits per heavy atom. The van der Waals surface area contributed by atoms with Gasteiger partial charge in [-0.1, -0.05) is 182 Å². The molecule has 0 saturated carbocycles. The van der Waals surface area contributed by atoms with E-state index in [-0.39, 0.29) is 65.0 Å². The lowest BCUT2D eigenvalue weighted by molar-refractivity contribution is -0.142. The van der Waals surface area contributed by atoms with E-state index in [0.29, 0.717) is 75.7 Å². The Labute approximate surface area is 576 Å². The fraction of sp³-hybridized carbons (Fsp3) is 0.859. The summed E-state index contributed by atoms with van der Waals surface area (Å²) >= 11 is 0. The second-order valence-corrected chi connectivity index (χ2v) is 21.7. The molecular weight excluding hydrogens is 1220 g/mol. The highest BCUT2D eigenvalue weighted by Crippen LogP contribution is 2.26. The average molecular weight is 1370 g/mol. The molecule has 1 unspecified atom stereocenters. The van der Waals surface area contributed by atoms with Crippen molar-refractivity contribution in [3.8, 4) is 0 Å². The van der Waals surface area contributed by atoms with Crippen LogP contribution in [0.25, 0.3) is 0 Å². The minimum Gasteiger partial charge on any atom is -0.469 e. The summed E-state index contributed by atoms with van der Waals surface area (Å²) in [7, 11) is 21.0. The number of hydrogen-bond acceptors (Lipinski definition) is 21. The highest BCUT2D eigenvalue weighted by atomic mass is 16.5. The molecule has 0 aliphatic carbocycles. The normalized spacial score (nSPS) is 9.14. The largest absolute Gasteiger partial charge is 0.469 e. The van der Waals surface area contributed by atoms with Crippen molar-refractivity contribution >= 4 is 59.6 Å². The predicted octanol–water partition coefficient (Wildman–Crippen LogP) is 15.0. The predicted molar refractivity (Wildman–Crippen MR) is 383 cm³/mol. The summed E-state index contributed by atoms with van der Waals surface area (Å²) in [6.07, 6.45) is 20.5. The molecule has 0 aromatic heterocycles. The van der Waals surface area contributed by atoms with E-state index in [0.717, 1.165) is 45.1 Å². The average Bonchev–Trinajstić information content (AvgIpc) is 1.17. The van der Waals surface area contributed by atoms with Gasteiger partial charge in [-0.15, -0.1) is 0 Å². The van der Waals surface area contributed by atoms with Crippen molar-refractivity contribution in [1.82, 2.24) is 10.6 Å². The summed E-state index contributed by atoms with van der Waals surface area (Å²) in [5.74, 6) is 0.330. The Hall–Kier alpha value is -5.42. The van der Waals surface area contributed by atoms with Gasteiger partial charge in [0.2, 0.25) is 11.8 Å². The van der Waals surface area contributed by atoms with Crippen LogP contribution in [0.1, 0.15) is 273 Å². The number of methoxy groups -OCH3 is 11. The Morgan fingerprint density at radius 2 is 0.564 bits per heavy atom. The first-order valence-corrected chi connectivity index (χ1v) is 33.2. The second-order valence-electron chi connectivity index (χ2n) is 21.7. The maximum atomic E-state index is 10.9. The molecule has 0 aromatic rings. The van der Waals surface area contributed by atoms with Crippen molar-refractivity contribution in [2.45, 2.75) is 273 Å². The Balaban J connectivity index is -0.0000000630. The minimum atomic E-state index is -0.157. The van der Waals surface area contributed by atoms with Gasteiger partial charge in [-0.25, -0.2) is 0 Å². The van der Waals surface area contributed by atoms with Crippen LogP contribution in [0.3, 0.4) is 0 Å². The van der Waals surface area contributed by atoms with Crippen molar-refractivity contribution in [3.63, 3.8) is 0 Å². The number of ether oxygens (including phenoxy) is 11. The van der Waals surface area contributed by atoms with Gasteiger partial charge < -0.3 is 62.7 Å². The fourth-order valence-corrected chi connectivity index (χ4v) is 4.98. The summed E-state index contributed by atoms with van der Waals surface area (Å²) in [6, 6.07) is 0. The summed E-state index contributed by atoms with van der Waals surface area (Å²) < 4.78 is 47.6. The van der Waals surface area contributed by atoms with E-state index in [2.05, 4.69) is 125 Å². The van der Waals surface area contributed by atoms with Crippen LogP contribution >= 0.6 is 0 Å². The molecule has 0 heterocycles. The van der Waals surface area contributed by atoms with E-state index in [4.69, 9.17) is 0 Å². The number of hydrogen-bond donors (Lipinski definition) is 2. The molecular formula is C71H152N2O21. The molecule has 0 spiro atoms. The van der Waals surface area contributed by atoms with Crippen LogP contribution in [0.4, 0.5) is 0 Å². The fourth-order valence-electron chi connectivity index (χ4n) is 4.98. The van der Waals surface area contributed by atoms with E-state index >= 15 is 0 Å². The van der Waals surface area contributed by atoms with E-state index in [1.54, 1.807) is 70.4 Å². The standard InChI is InChI=1S/C13H26N2O2.2C8H16O2.2C6H12O2.4C4H8O2.2C4H10.3C2H6O/c1-10(6-7-14-11(2)16)8-13(4,5)9-15-12(3)17;2*1-3-4-5-6-7-8(9)10-2;2*1-5(2)4-6(7)8-3;4*1-3-4(5)6-2;2*1-3-4-2;3*1-3-2/h10H,6-9H2,1-5H3,(H,14,16)(H,15,17);2*3-7H2,1-2H3;2*5H,4H2,1-3H3;4*3H2,1-2H3;2*3-4H2,1-2H3;3*1-2H3. The summed E-state index contributed by atoms with van der Waals surface area (Å²) in [5.41, 5.74) is 0.0985. The number of unbranched alkanes of at least 4 members (excludes halogenated alkanes) is 8. The zero-order valence-corrected chi connectivity index (χ0v) is 66.8. The number of amides is 2. The Morgan fingerprint density at radius 1 is 0.330 bits per heavy atom. The molecule has 94 heavy (non-hydrogen) atoms. The molecule has 0 aromatic carbocycles. The lowest BCUT2D eigenvalue weighted by Gasteiger charge is -2.28. The van der Waals surface area contributed by atoms with Crippen molar-refractivity contribution < 1.29 is 100 Å². The molecule has 2 amide bonds. The maximum absolute atomic E-state index is 10.9. The van der Waals surface area contributed by atoms with Gasteiger partial charge in [0.25, 0.3) is 0 Å². The third-order valence-corrected chi connectivity index (χ3v) is 10.3. The SMILES string of the molecule is CC(=O)NCCC(C)CC(C)(C)CNC(C)=O.CCC(=O)OC.CCC(=O)OC.CCC(=O)OC.CCC(=O)OC.CCCC.CCCC.CCCCCCC(=O)OC.CCCCCCC(=O)OC.COC.COC.COC.COC(=O)CC(C)C.COC(=O)CC(C)C. The van der Waals surface area contributed by atoms with Gasteiger partial charge in [0, 0.05) is 121 Å². The van der Waals surface area contributed by atoms with Crippen LogP contribution in [-0.2, 0) is 100 Å². The number of carbonyl (C=O) groups is 10. The van der Waals surface area contributed by atoms with Crippen LogP contribution in [0.5, 0.6) is 0 Å². The van der Waals surface area contributed by atoms with Gasteiger partial charge in [-0.2, -0.15) is 0 Å². The number of esters is 8. The topological polar surface area (TPSA) is 296 Å². The van der Waals surface area contributed by atoms with Gasteiger partial charge in [0.05, 0.1) is 56.9 Å². The van der Waals surface area contributed by atoms with Crippen LogP contribution in [0.2, 0.25) is 0 Å². The summed E-state index contributed by atoms with van der Waals surface area (Å²) in [6.45, 7) is 39.0. The van der Waals surface area contributed by atoms with Crippen LogP contribution in [0, 0.1) is 23.2 Å². The smallest absolute Gasteiger partial charge is 0.305 e. The van der Waals surface area contributed by atoms with Crippen LogP contribution in [-0.4, -0.2) is 172 Å². The van der Waals surface area contributed by atoms with Crippen molar-refractivity contribution in [1.29, 1.82) is 0 Å². The van der Waals surface area contributed by atoms with E-state index in [1.165, 1.54) is 122 Å². The third kappa shape index (κ3) is 191. The monoisotopic (exact) mass is 1370 g/mol. The molecule has 0 rings (SSSR count). The van der Waals surface area contributed by atoms with E-state index < -0.39 is 0 Å². The number of rotatable bonds is 27. The zero-order valence-electron chi connectivity index (χ0n) is 66.8. The first-order valence-electron chi connectivity index (χ1n) is 33.2. The second kappa shape index (κ2) is 112. The third-order valence-electron chi connectivity index (χ3n) is 10.3. The molecule has 0 radical (unpaired) electrons. The Bertz CT molecular complexity index is 1420. The van der Waals surface area contributed by atoms with Gasteiger partial charge in [-0.05, 0) is 48.9 Å². The highest BCUT2D eigenvalue weighted by Gasteiger charge is 2.21. The minimum absolute atomic E-state index is 0.0176. The van der Waals surface area contributed by atoms with Crippen LogP contribution in [0.15, 0.2) is 0 Å². The molecule has 0 bridgehead atoms. The van der Waals surface area contributed by atoms with Crippen LogP contribution < -0.4 is 10.6 Å². The first kappa shape index (κ1) is 122. The molecule has 1 atom stereocenters. The first-order chi connectivity index (χ1) is 44.0.